The average Bonchev–Trinajstić information content (AvgIpc) is 2.77. The quantitative estimate of drug-likeness (QED) is 0.846. The van der Waals surface area contributed by atoms with Crippen LogP contribution in [0.1, 0.15) is 36.7 Å². The van der Waals surface area contributed by atoms with Gasteiger partial charge in [0, 0.05) is 24.7 Å². The summed E-state index contributed by atoms with van der Waals surface area (Å²) in [5, 5.41) is 12.9. The lowest BCUT2D eigenvalue weighted by Gasteiger charge is -2.48. The minimum Gasteiger partial charge on any atom is -0.302 e. The molecule has 1 aliphatic carbocycles. The van der Waals surface area contributed by atoms with Crippen molar-refractivity contribution in [2.24, 2.45) is 18.1 Å². The summed E-state index contributed by atoms with van der Waals surface area (Å²) in [5.41, 5.74) is 0.960. The third kappa shape index (κ3) is 3.21. The van der Waals surface area contributed by atoms with Crippen molar-refractivity contribution >= 4 is 10.0 Å². The maximum atomic E-state index is 14.3. The summed E-state index contributed by atoms with van der Waals surface area (Å²) in [6.45, 7) is 3.97. The van der Waals surface area contributed by atoms with Gasteiger partial charge in [-0.05, 0) is 31.7 Å². The van der Waals surface area contributed by atoms with Crippen LogP contribution in [0, 0.1) is 18.7 Å². The molecule has 1 aromatic heterocycles. The van der Waals surface area contributed by atoms with Gasteiger partial charge in [-0.1, -0.05) is 25.1 Å². The number of hydrogen-bond acceptors (Lipinski definition) is 4. The van der Waals surface area contributed by atoms with Crippen LogP contribution in [0.4, 0.5) is 4.39 Å². The van der Waals surface area contributed by atoms with Gasteiger partial charge in [-0.3, -0.25) is 4.68 Å². The van der Waals surface area contributed by atoms with Gasteiger partial charge in [0.2, 0.25) is 10.0 Å². The van der Waals surface area contributed by atoms with Crippen LogP contribution in [0.5, 0.6) is 0 Å². The third-order valence-corrected chi connectivity index (χ3v) is 6.04. The molecule has 1 aromatic carbocycles. The van der Waals surface area contributed by atoms with Gasteiger partial charge >= 0.3 is 0 Å². The largest absolute Gasteiger partial charge is 0.302 e. The first kappa shape index (κ1) is 18.0. The Hall–Kier alpha value is -1.77. The number of rotatable bonds is 5. The number of hydrogen-bond donors (Lipinski definition) is 2. The molecular formula is C17H23FN4O2S. The highest BCUT2D eigenvalue weighted by molar-refractivity contribution is 7.89. The SMILES string of the molecule is Cc1nn(C)c(CNC2(c3ccccc3F)CC(C)C2)c1S(N)(=O)=O. The van der Waals surface area contributed by atoms with E-state index in [1.165, 1.54) is 10.7 Å². The Balaban J connectivity index is 1.94. The zero-order chi connectivity index (χ0) is 18.4. The topological polar surface area (TPSA) is 90.0 Å². The van der Waals surface area contributed by atoms with Crippen LogP contribution in [0.3, 0.4) is 0 Å². The number of benzene rings is 1. The van der Waals surface area contributed by atoms with Crippen molar-refractivity contribution in [1.82, 2.24) is 15.1 Å². The van der Waals surface area contributed by atoms with E-state index < -0.39 is 15.6 Å². The smallest absolute Gasteiger partial charge is 0.241 e. The van der Waals surface area contributed by atoms with Crippen molar-refractivity contribution in [3.8, 4) is 0 Å². The van der Waals surface area contributed by atoms with Crippen LogP contribution in [-0.4, -0.2) is 18.2 Å². The monoisotopic (exact) mass is 366 g/mol. The van der Waals surface area contributed by atoms with Gasteiger partial charge in [-0.2, -0.15) is 5.10 Å². The minimum atomic E-state index is -3.88. The summed E-state index contributed by atoms with van der Waals surface area (Å²) in [6, 6.07) is 6.71. The Morgan fingerprint density at radius 1 is 1.40 bits per heavy atom. The Morgan fingerprint density at radius 2 is 2.04 bits per heavy atom. The molecule has 0 atom stereocenters. The summed E-state index contributed by atoms with van der Waals surface area (Å²) in [7, 11) is -2.20. The molecule has 0 bridgehead atoms. The zero-order valence-corrected chi connectivity index (χ0v) is 15.4. The van der Waals surface area contributed by atoms with E-state index in [9.17, 15) is 12.8 Å². The molecule has 25 heavy (non-hydrogen) atoms. The van der Waals surface area contributed by atoms with E-state index in [1.54, 1.807) is 26.1 Å². The summed E-state index contributed by atoms with van der Waals surface area (Å²) in [5.74, 6) is 0.216. The Labute approximate surface area is 147 Å². The van der Waals surface area contributed by atoms with Crippen LogP contribution in [0.2, 0.25) is 0 Å². The standard InChI is InChI=1S/C17H23FN4O2S/c1-11-8-17(9-11,13-6-4-5-7-14(13)18)20-10-15-16(25(19,23)24)12(2)21-22(15)3/h4-7,11,20H,8-10H2,1-3H3,(H2,19,23,24). The van der Waals surface area contributed by atoms with Crippen molar-refractivity contribution in [2.45, 2.75) is 43.7 Å². The van der Waals surface area contributed by atoms with Crippen molar-refractivity contribution < 1.29 is 12.8 Å². The zero-order valence-electron chi connectivity index (χ0n) is 14.6. The molecule has 1 heterocycles. The molecular weight excluding hydrogens is 343 g/mol. The molecule has 0 aliphatic heterocycles. The van der Waals surface area contributed by atoms with Gasteiger partial charge in [0.1, 0.15) is 10.7 Å². The van der Waals surface area contributed by atoms with E-state index in [0.717, 1.165) is 12.8 Å². The Morgan fingerprint density at radius 3 is 2.60 bits per heavy atom. The number of nitrogens with zero attached hydrogens (tertiary/aromatic N) is 2. The van der Waals surface area contributed by atoms with Crippen molar-refractivity contribution in [1.29, 1.82) is 0 Å². The highest BCUT2D eigenvalue weighted by Gasteiger charge is 2.44. The second-order valence-electron chi connectivity index (χ2n) is 6.96. The number of aryl methyl sites for hydroxylation is 2. The Bertz CT molecular complexity index is 901. The molecule has 0 saturated heterocycles. The lowest BCUT2D eigenvalue weighted by molar-refractivity contribution is 0.107. The predicted molar refractivity (Wildman–Crippen MR) is 92.6 cm³/mol. The molecule has 0 unspecified atom stereocenters. The first-order valence-electron chi connectivity index (χ1n) is 8.19. The maximum absolute atomic E-state index is 14.3. The van der Waals surface area contributed by atoms with Gasteiger partial charge in [-0.25, -0.2) is 17.9 Å². The summed E-state index contributed by atoms with van der Waals surface area (Å²) >= 11 is 0. The number of nitrogens with one attached hydrogen (secondary N) is 1. The molecule has 3 rings (SSSR count). The van der Waals surface area contributed by atoms with Crippen LogP contribution < -0.4 is 10.5 Å². The summed E-state index contributed by atoms with van der Waals surface area (Å²) in [4.78, 5) is 0.0403. The third-order valence-electron chi connectivity index (χ3n) is 4.94. The van der Waals surface area contributed by atoms with E-state index in [-0.39, 0.29) is 17.3 Å². The Kier molecular flexibility index (Phi) is 4.47. The fourth-order valence-electron chi connectivity index (χ4n) is 3.94. The number of halogens is 1. The molecule has 0 radical (unpaired) electrons. The number of nitrogens with two attached hydrogens (primary N) is 1. The fourth-order valence-corrected chi connectivity index (χ4v) is 4.93. The second kappa shape index (κ2) is 6.19. The molecule has 6 nitrogen and oxygen atoms in total. The van der Waals surface area contributed by atoms with Gasteiger partial charge in [0.05, 0.1) is 11.4 Å². The van der Waals surface area contributed by atoms with Crippen LogP contribution in [0.15, 0.2) is 29.2 Å². The first-order chi connectivity index (χ1) is 11.6. The molecule has 2 aromatic rings. The van der Waals surface area contributed by atoms with Crippen LogP contribution in [0.25, 0.3) is 0 Å². The highest BCUT2D eigenvalue weighted by Crippen LogP contribution is 2.46. The second-order valence-corrected chi connectivity index (χ2v) is 8.46. The minimum absolute atomic E-state index is 0.0403. The first-order valence-corrected chi connectivity index (χ1v) is 9.74. The van der Waals surface area contributed by atoms with Gasteiger partial charge in [-0.15, -0.1) is 0 Å². The van der Waals surface area contributed by atoms with Gasteiger partial charge in [0.15, 0.2) is 0 Å². The number of sulfonamides is 1. The van der Waals surface area contributed by atoms with Crippen molar-refractivity contribution in [3.05, 3.63) is 47.0 Å². The molecule has 136 valence electrons. The van der Waals surface area contributed by atoms with E-state index >= 15 is 0 Å². The van der Waals surface area contributed by atoms with Gasteiger partial charge < -0.3 is 5.32 Å². The van der Waals surface area contributed by atoms with Crippen LogP contribution >= 0.6 is 0 Å². The normalized spacial score (nSPS) is 23.5. The van der Waals surface area contributed by atoms with E-state index in [2.05, 4.69) is 17.3 Å². The van der Waals surface area contributed by atoms with Crippen LogP contribution in [-0.2, 0) is 29.2 Å². The fraction of sp³-hybridized carbons (Fsp3) is 0.471. The summed E-state index contributed by atoms with van der Waals surface area (Å²) in [6.07, 6.45) is 1.57. The lowest BCUT2D eigenvalue weighted by atomic mass is 9.65. The van der Waals surface area contributed by atoms with Crippen molar-refractivity contribution in [3.63, 3.8) is 0 Å². The highest BCUT2D eigenvalue weighted by atomic mass is 32.2. The predicted octanol–water partition coefficient (Wildman–Crippen LogP) is 1.93. The molecule has 0 spiro atoms. The summed E-state index contributed by atoms with van der Waals surface area (Å²) < 4.78 is 39.7. The molecule has 0 amide bonds. The molecule has 8 heteroatoms. The van der Waals surface area contributed by atoms with Gasteiger partial charge in [0.25, 0.3) is 0 Å². The van der Waals surface area contributed by atoms with E-state index in [4.69, 9.17) is 5.14 Å². The van der Waals surface area contributed by atoms with E-state index in [1.807, 2.05) is 6.07 Å². The molecule has 1 saturated carbocycles. The maximum Gasteiger partial charge on any atom is 0.241 e. The lowest BCUT2D eigenvalue weighted by Crippen LogP contribution is -2.52. The molecule has 1 aliphatic rings. The number of primary sulfonamides is 1. The number of aromatic nitrogens is 2. The van der Waals surface area contributed by atoms with Crippen molar-refractivity contribution in [2.75, 3.05) is 0 Å². The molecule has 3 N–H and O–H groups in total. The average molecular weight is 366 g/mol. The van der Waals surface area contributed by atoms with E-state index in [0.29, 0.717) is 22.9 Å². The molecule has 1 fully saturated rings.